The zero-order valence-corrected chi connectivity index (χ0v) is 10.6. The third-order valence-electron chi connectivity index (χ3n) is 3.14. The molecule has 5 heteroatoms. The van der Waals surface area contributed by atoms with Gasteiger partial charge in [-0.2, -0.15) is 0 Å². The Kier molecular flexibility index (Phi) is 2.97. The van der Waals surface area contributed by atoms with E-state index in [1.807, 2.05) is 0 Å². The molecule has 0 radical (unpaired) electrons. The lowest BCUT2D eigenvalue weighted by molar-refractivity contribution is -0.147. The van der Waals surface area contributed by atoms with Crippen LogP contribution < -0.4 is 0 Å². The number of rotatable bonds is 2. The van der Waals surface area contributed by atoms with Crippen LogP contribution in [-0.2, 0) is 10.2 Å². The van der Waals surface area contributed by atoms with Gasteiger partial charge in [-0.05, 0) is 40.9 Å². The first-order chi connectivity index (χ1) is 7.49. The van der Waals surface area contributed by atoms with Gasteiger partial charge in [0.25, 0.3) is 0 Å². The fourth-order valence-corrected chi connectivity index (χ4v) is 2.93. The van der Waals surface area contributed by atoms with Gasteiger partial charge in [0, 0.05) is 10.0 Å². The summed E-state index contributed by atoms with van der Waals surface area (Å²) >= 11 is 9.05. The number of halogens is 3. The fourth-order valence-electron chi connectivity index (χ4n) is 2.07. The average Bonchev–Trinajstić information content (AvgIpc) is 2.15. The van der Waals surface area contributed by atoms with E-state index in [1.54, 1.807) is 0 Å². The predicted molar refractivity (Wildman–Crippen MR) is 62.3 cm³/mol. The number of hydrogen-bond acceptors (Lipinski definition) is 1. The van der Waals surface area contributed by atoms with Crippen molar-refractivity contribution >= 4 is 33.5 Å². The van der Waals surface area contributed by atoms with Crippen molar-refractivity contribution in [3.05, 3.63) is 33.0 Å². The van der Waals surface area contributed by atoms with Crippen LogP contribution in [0.4, 0.5) is 4.39 Å². The molecule has 0 heterocycles. The van der Waals surface area contributed by atoms with E-state index in [9.17, 15) is 14.3 Å². The Balaban J connectivity index is 2.63. The highest BCUT2D eigenvalue weighted by atomic mass is 79.9. The number of aliphatic carboxylic acids is 1. The fraction of sp³-hybridized carbons (Fsp3) is 0.364. The van der Waals surface area contributed by atoms with Crippen molar-refractivity contribution in [1.29, 1.82) is 0 Å². The first-order valence-corrected chi connectivity index (χ1v) is 6.03. The van der Waals surface area contributed by atoms with Crippen LogP contribution >= 0.6 is 27.5 Å². The largest absolute Gasteiger partial charge is 0.481 e. The van der Waals surface area contributed by atoms with Crippen LogP contribution in [0.15, 0.2) is 16.6 Å². The molecule has 0 amide bonds. The molecule has 86 valence electrons. The SMILES string of the molecule is O=C(O)C1(c2c(F)ccc(Cl)c2Br)CCC1. The molecular weight excluding hydrogens is 298 g/mol. The van der Waals surface area contributed by atoms with Gasteiger partial charge < -0.3 is 5.11 Å². The zero-order chi connectivity index (χ0) is 11.9. The lowest BCUT2D eigenvalue weighted by Crippen LogP contribution is -2.43. The van der Waals surface area contributed by atoms with E-state index in [1.165, 1.54) is 12.1 Å². The lowest BCUT2D eigenvalue weighted by Gasteiger charge is -2.39. The van der Waals surface area contributed by atoms with E-state index >= 15 is 0 Å². The Labute approximate surface area is 106 Å². The van der Waals surface area contributed by atoms with Gasteiger partial charge in [0.1, 0.15) is 5.82 Å². The second-order valence-electron chi connectivity index (χ2n) is 3.96. The molecule has 0 spiro atoms. The quantitative estimate of drug-likeness (QED) is 0.845. The molecule has 2 nitrogen and oxygen atoms in total. The van der Waals surface area contributed by atoms with Crippen LogP contribution in [0, 0.1) is 5.82 Å². The van der Waals surface area contributed by atoms with E-state index in [0.717, 1.165) is 6.42 Å². The Bertz CT molecular complexity index is 458. The molecule has 0 bridgehead atoms. The molecular formula is C11H9BrClFO2. The smallest absolute Gasteiger partial charge is 0.314 e. The number of hydrogen-bond donors (Lipinski definition) is 1. The molecule has 0 saturated heterocycles. The van der Waals surface area contributed by atoms with Gasteiger partial charge in [-0.3, -0.25) is 4.79 Å². The summed E-state index contributed by atoms with van der Waals surface area (Å²) in [5.41, 5.74) is -0.924. The summed E-state index contributed by atoms with van der Waals surface area (Å²) in [6.07, 6.45) is 1.71. The van der Waals surface area contributed by atoms with Crippen molar-refractivity contribution in [3.63, 3.8) is 0 Å². The van der Waals surface area contributed by atoms with Crippen LogP contribution in [0.25, 0.3) is 0 Å². The van der Waals surface area contributed by atoms with Gasteiger partial charge in [-0.1, -0.05) is 18.0 Å². The van der Waals surface area contributed by atoms with Crippen LogP contribution in [-0.4, -0.2) is 11.1 Å². The van der Waals surface area contributed by atoms with Crippen molar-refractivity contribution in [2.75, 3.05) is 0 Å². The highest BCUT2D eigenvalue weighted by molar-refractivity contribution is 9.10. The molecule has 0 unspecified atom stereocenters. The molecule has 2 rings (SSSR count). The monoisotopic (exact) mass is 306 g/mol. The van der Waals surface area contributed by atoms with Gasteiger partial charge in [0.2, 0.25) is 0 Å². The minimum absolute atomic E-state index is 0.179. The maximum Gasteiger partial charge on any atom is 0.314 e. The molecule has 16 heavy (non-hydrogen) atoms. The molecule has 1 aliphatic rings. The summed E-state index contributed by atoms with van der Waals surface area (Å²) in [7, 11) is 0. The standard InChI is InChI=1S/C11H9BrClFO2/c12-9-6(13)2-3-7(14)8(9)11(10(15)16)4-1-5-11/h2-3H,1,4-5H2,(H,15,16). The molecule has 1 aromatic carbocycles. The highest BCUT2D eigenvalue weighted by Gasteiger charge is 2.49. The summed E-state index contributed by atoms with van der Waals surface area (Å²) in [5.74, 6) is -1.50. The van der Waals surface area contributed by atoms with E-state index in [4.69, 9.17) is 11.6 Å². The minimum atomic E-state index is -1.10. The van der Waals surface area contributed by atoms with Crippen molar-refractivity contribution < 1.29 is 14.3 Å². The first-order valence-electron chi connectivity index (χ1n) is 4.86. The van der Waals surface area contributed by atoms with Crippen LogP contribution in [0.3, 0.4) is 0 Å². The second-order valence-corrected chi connectivity index (χ2v) is 5.16. The van der Waals surface area contributed by atoms with E-state index < -0.39 is 17.2 Å². The second kappa shape index (κ2) is 4.00. The third kappa shape index (κ3) is 1.55. The van der Waals surface area contributed by atoms with Gasteiger partial charge in [-0.25, -0.2) is 4.39 Å². The average molecular weight is 308 g/mol. The maximum absolute atomic E-state index is 13.8. The summed E-state index contributed by atoms with van der Waals surface area (Å²) in [6, 6.07) is 2.63. The zero-order valence-electron chi connectivity index (χ0n) is 8.27. The lowest BCUT2D eigenvalue weighted by atomic mass is 9.64. The molecule has 1 aromatic rings. The molecule has 0 aliphatic heterocycles. The summed E-state index contributed by atoms with van der Waals surface area (Å²) in [5, 5.41) is 9.58. The van der Waals surface area contributed by atoms with Crippen molar-refractivity contribution in [1.82, 2.24) is 0 Å². The first kappa shape index (κ1) is 11.9. The van der Waals surface area contributed by atoms with E-state index in [0.29, 0.717) is 22.3 Å². The van der Waals surface area contributed by atoms with Gasteiger partial charge in [0.05, 0.1) is 10.4 Å². The van der Waals surface area contributed by atoms with Crippen LogP contribution in [0.1, 0.15) is 24.8 Å². The van der Waals surface area contributed by atoms with Crippen LogP contribution in [0.5, 0.6) is 0 Å². The van der Waals surface area contributed by atoms with Crippen LogP contribution in [0.2, 0.25) is 5.02 Å². The summed E-state index contributed by atoms with van der Waals surface area (Å²) in [6.45, 7) is 0. The Morgan fingerprint density at radius 3 is 2.56 bits per heavy atom. The molecule has 1 aliphatic carbocycles. The number of carboxylic acids is 1. The van der Waals surface area contributed by atoms with Crippen molar-refractivity contribution in [2.45, 2.75) is 24.7 Å². The van der Waals surface area contributed by atoms with Gasteiger partial charge >= 0.3 is 5.97 Å². The third-order valence-corrected chi connectivity index (χ3v) is 4.51. The molecule has 1 N–H and O–H groups in total. The van der Waals surface area contributed by atoms with E-state index in [-0.39, 0.29) is 5.56 Å². The topological polar surface area (TPSA) is 37.3 Å². The number of benzene rings is 1. The normalized spacial score (nSPS) is 17.9. The Hall–Kier alpha value is -0.610. The predicted octanol–water partition coefficient (Wildman–Crippen LogP) is 3.75. The Morgan fingerprint density at radius 2 is 2.12 bits per heavy atom. The van der Waals surface area contributed by atoms with Gasteiger partial charge in [0.15, 0.2) is 0 Å². The molecule has 0 aromatic heterocycles. The summed E-state index contributed by atoms with van der Waals surface area (Å²) < 4.78 is 14.1. The minimum Gasteiger partial charge on any atom is -0.481 e. The molecule has 1 saturated carbocycles. The van der Waals surface area contributed by atoms with Crippen molar-refractivity contribution in [3.8, 4) is 0 Å². The number of carbonyl (C=O) groups is 1. The molecule has 1 fully saturated rings. The van der Waals surface area contributed by atoms with Crippen molar-refractivity contribution in [2.24, 2.45) is 0 Å². The highest BCUT2D eigenvalue weighted by Crippen LogP contribution is 2.48. The maximum atomic E-state index is 13.8. The summed E-state index contributed by atoms with van der Waals surface area (Å²) in [4.78, 5) is 11.3. The van der Waals surface area contributed by atoms with E-state index in [2.05, 4.69) is 15.9 Å². The number of carboxylic acid groups (broad SMARTS) is 1. The van der Waals surface area contributed by atoms with Gasteiger partial charge in [-0.15, -0.1) is 0 Å². The Morgan fingerprint density at radius 1 is 1.50 bits per heavy atom. The molecule has 0 atom stereocenters.